The summed E-state index contributed by atoms with van der Waals surface area (Å²) in [5.74, 6) is -0.160. The van der Waals surface area contributed by atoms with E-state index in [2.05, 4.69) is 5.32 Å². The van der Waals surface area contributed by atoms with Gasteiger partial charge in [0.1, 0.15) is 5.54 Å². The van der Waals surface area contributed by atoms with Gasteiger partial charge in [-0.05, 0) is 44.0 Å². The number of anilines is 1. The van der Waals surface area contributed by atoms with E-state index in [4.69, 9.17) is 10.5 Å². The highest BCUT2D eigenvalue weighted by molar-refractivity contribution is 6.00. The maximum Gasteiger partial charge on any atom is 0.253 e. The molecular weight excluding hydrogens is 330 g/mol. The Bertz CT molecular complexity index is 680. The minimum Gasteiger partial charge on any atom is -0.378 e. The van der Waals surface area contributed by atoms with Crippen LogP contribution in [0.3, 0.4) is 0 Å². The lowest BCUT2D eigenvalue weighted by Crippen LogP contribution is -2.74. The Morgan fingerprint density at radius 2 is 1.85 bits per heavy atom. The molecular formula is C20H29N3O3. The molecule has 2 aliphatic rings. The van der Waals surface area contributed by atoms with Crippen LogP contribution < -0.4 is 11.1 Å². The van der Waals surface area contributed by atoms with Crippen LogP contribution in [0.2, 0.25) is 0 Å². The van der Waals surface area contributed by atoms with Crippen molar-refractivity contribution >= 4 is 17.5 Å². The largest absolute Gasteiger partial charge is 0.378 e. The summed E-state index contributed by atoms with van der Waals surface area (Å²) < 4.78 is 5.68. The fourth-order valence-electron chi connectivity index (χ4n) is 3.86. The Hall–Kier alpha value is -1.92. The highest BCUT2D eigenvalue weighted by Gasteiger charge is 2.62. The zero-order valence-corrected chi connectivity index (χ0v) is 15.9. The molecule has 0 radical (unpaired) electrons. The number of nitrogens with one attached hydrogen (secondary N) is 1. The van der Waals surface area contributed by atoms with Gasteiger partial charge in [0.2, 0.25) is 5.91 Å². The minimum atomic E-state index is -0.961. The Kier molecular flexibility index (Phi) is 5.08. The first-order chi connectivity index (χ1) is 12.3. The molecule has 1 aliphatic heterocycles. The number of hydrogen-bond donors (Lipinski definition) is 2. The average molecular weight is 359 g/mol. The van der Waals surface area contributed by atoms with Crippen molar-refractivity contribution in [2.24, 2.45) is 11.1 Å². The number of carbonyl (C=O) groups is 2. The molecule has 1 saturated carbocycles. The molecule has 2 unspecified atom stereocenters. The van der Waals surface area contributed by atoms with Crippen LogP contribution in [0, 0.1) is 5.41 Å². The molecule has 3 N–H and O–H groups in total. The fraction of sp³-hybridized carbons (Fsp3) is 0.600. The average Bonchev–Trinajstić information content (AvgIpc) is 3.16. The summed E-state index contributed by atoms with van der Waals surface area (Å²) in [5, 5.41) is 2.89. The summed E-state index contributed by atoms with van der Waals surface area (Å²) in [5.41, 5.74) is 6.30. The smallest absolute Gasteiger partial charge is 0.253 e. The van der Waals surface area contributed by atoms with Gasteiger partial charge in [0.15, 0.2) is 0 Å². The van der Waals surface area contributed by atoms with Gasteiger partial charge in [-0.1, -0.05) is 13.8 Å². The number of carbonyl (C=O) groups excluding carboxylic acids is 2. The van der Waals surface area contributed by atoms with Crippen LogP contribution in [-0.4, -0.2) is 48.1 Å². The SMILES string of the molecule is CCOC1CC(N)(C(=O)Nc2ccc(C(=O)N3CCCC3)cc2)C1(C)C. The Labute approximate surface area is 155 Å². The number of ether oxygens (including phenoxy) is 1. The van der Waals surface area contributed by atoms with Crippen molar-refractivity contribution in [3.05, 3.63) is 29.8 Å². The van der Waals surface area contributed by atoms with Crippen molar-refractivity contribution in [3.8, 4) is 0 Å². The second kappa shape index (κ2) is 7.00. The maximum atomic E-state index is 12.7. The van der Waals surface area contributed by atoms with Gasteiger partial charge in [0.25, 0.3) is 5.91 Å². The van der Waals surface area contributed by atoms with Gasteiger partial charge in [-0.25, -0.2) is 0 Å². The molecule has 1 heterocycles. The quantitative estimate of drug-likeness (QED) is 0.845. The van der Waals surface area contributed by atoms with Crippen molar-refractivity contribution in [1.29, 1.82) is 0 Å². The Morgan fingerprint density at radius 3 is 2.38 bits per heavy atom. The Morgan fingerprint density at radius 1 is 1.23 bits per heavy atom. The molecule has 1 saturated heterocycles. The van der Waals surface area contributed by atoms with E-state index in [1.165, 1.54) is 0 Å². The summed E-state index contributed by atoms with van der Waals surface area (Å²) in [6.07, 6.45) is 2.63. The molecule has 2 atom stereocenters. The second-order valence-corrected chi connectivity index (χ2v) is 7.87. The van der Waals surface area contributed by atoms with Gasteiger partial charge < -0.3 is 20.7 Å². The van der Waals surface area contributed by atoms with Crippen LogP contribution >= 0.6 is 0 Å². The van der Waals surface area contributed by atoms with Crippen molar-refractivity contribution in [2.75, 3.05) is 25.0 Å². The van der Waals surface area contributed by atoms with E-state index in [9.17, 15) is 9.59 Å². The zero-order chi connectivity index (χ0) is 18.9. The molecule has 6 heteroatoms. The van der Waals surface area contributed by atoms with Crippen LogP contribution in [0.4, 0.5) is 5.69 Å². The van der Waals surface area contributed by atoms with E-state index < -0.39 is 11.0 Å². The first-order valence-corrected chi connectivity index (χ1v) is 9.41. The number of rotatable bonds is 5. The third-order valence-corrected chi connectivity index (χ3v) is 6.02. The molecule has 1 aromatic rings. The molecule has 1 aliphatic carbocycles. The molecule has 2 amide bonds. The van der Waals surface area contributed by atoms with Crippen molar-refractivity contribution < 1.29 is 14.3 Å². The molecule has 0 aromatic heterocycles. The summed E-state index contributed by atoms with van der Waals surface area (Å²) in [4.78, 5) is 27.0. The van der Waals surface area contributed by atoms with Gasteiger partial charge in [-0.15, -0.1) is 0 Å². The number of amides is 2. The van der Waals surface area contributed by atoms with E-state index in [1.54, 1.807) is 24.3 Å². The number of hydrogen-bond acceptors (Lipinski definition) is 4. The number of benzene rings is 1. The lowest BCUT2D eigenvalue weighted by Gasteiger charge is -2.57. The van der Waals surface area contributed by atoms with Gasteiger partial charge in [0.05, 0.1) is 6.10 Å². The van der Waals surface area contributed by atoms with Crippen LogP contribution in [0.25, 0.3) is 0 Å². The van der Waals surface area contributed by atoms with Crippen molar-refractivity contribution in [3.63, 3.8) is 0 Å². The van der Waals surface area contributed by atoms with Gasteiger partial charge in [-0.3, -0.25) is 9.59 Å². The highest BCUT2D eigenvalue weighted by Crippen LogP contribution is 2.50. The monoisotopic (exact) mass is 359 g/mol. The Balaban J connectivity index is 1.64. The molecule has 2 fully saturated rings. The zero-order valence-electron chi connectivity index (χ0n) is 15.9. The van der Waals surface area contributed by atoms with Crippen LogP contribution in [0.5, 0.6) is 0 Å². The van der Waals surface area contributed by atoms with E-state index in [-0.39, 0.29) is 17.9 Å². The second-order valence-electron chi connectivity index (χ2n) is 7.87. The highest BCUT2D eigenvalue weighted by atomic mass is 16.5. The van der Waals surface area contributed by atoms with Gasteiger partial charge in [-0.2, -0.15) is 0 Å². The van der Waals surface area contributed by atoms with Crippen molar-refractivity contribution in [1.82, 2.24) is 4.90 Å². The lowest BCUT2D eigenvalue weighted by atomic mass is 9.54. The number of nitrogens with zero attached hydrogens (tertiary/aromatic N) is 1. The molecule has 1 aromatic carbocycles. The predicted octanol–water partition coefficient (Wildman–Crippen LogP) is 2.39. The molecule has 0 bridgehead atoms. The first kappa shape index (κ1) is 18.9. The minimum absolute atomic E-state index is 0.0105. The summed E-state index contributed by atoms with van der Waals surface area (Å²) in [7, 11) is 0. The van der Waals surface area contributed by atoms with Gasteiger partial charge in [0, 0.05) is 42.8 Å². The third-order valence-electron chi connectivity index (χ3n) is 6.02. The molecule has 6 nitrogen and oxygen atoms in total. The van der Waals surface area contributed by atoms with Crippen LogP contribution in [0.15, 0.2) is 24.3 Å². The third kappa shape index (κ3) is 3.12. The molecule has 0 spiro atoms. The van der Waals surface area contributed by atoms with E-state index in [1.807, 2.05) is 25.7 Å². The fourth-order valence-corrected chi connectivity index (χ4v) is 3.86. The normalized spacial score (nSPS) is 27.1. The number of likely N-dealkylation sites (tertiary alicyclic amines) is 1. The molecule has 26 heavy (non-hydrogen) atoms. The standard InChI is InChI=1S/C20H29N3O3/c1-4-26-16-13-20(21,19(16,2)3)18(25)22-15-9-7-14(8-10-15)17(24)23-11-5-6-12-23/h7-10,16H,4-6,11-13,21H2,1-3H3,(H,22,25). The topological polar surface area (TPSA) is 84.7 Å². The summed E-state index contributed by atoms with van der Waals surface area (Å²) in [6, 6.07) is 7.04. The van der Waals surface area contributed by atoms with Crippen molar-refractivity contribution in [2.45, 2.75) is 51.7 Å². The maximum absolute atomic E-state index is 12.7. The van der Waals surface area contributed by atoms with E-state index >= 15 is 0 Å². The molecule has 3 rings (SSSR count). The summed E-state index contributed by atoms with van der Waals surface area (Å²) >= 11 is 0. The molecule has 142 valence electrons. The lowest BCUT2D eigenvalue weighted by molar-refractivity contribution is -0.166. The van der Waals surface area contributed by atoms with E-state index in [0.29, 0.717) is 24.3 Å². The predicted molar refractivity (Wildman–Crippen MR) is 101 cm³/mol. The van der Waals surface area contributed by atoms with E-state index in [0.717, 1.165) is 25.9 Å². The van der Waals surface area contributed by atoms with Gasteiger partial charge >= 0.3 is 0 Å². The first-order valence-electron chi connectivity index (χ1n) is 9.41. The van der Waals surface area contributed by atoms with Crippen LogP contribution in [-0.2, 0) is 9.53 Å². The van der Waals surface area contributed by atoms with Crippen LogP contribution in [0.1, 0.15) is 50.4 Å². The number of nitrogens with two attached hydrogens (primary N) is 1. The summed E-state index contributed by atoms with van der Waals surface area (Å²) in [6.45, 7) is 8.13.